The van der Waals surface area contributed by atoms with E-state index in [4.69, 9.17) is 23.4 Å². The molecule has 0 spiro atoms. The van der Waals surface area contributed by atoms with Crippen LogP contribution in [-0.2, 0) is 23.9 Å². The topological polar surface area (TPSA) is 118 Å². The van der Waals surface area contributed by atoms with Gasteiger partial charge in [-0.3, -0.25) is 0 Å². The van der Waals surface area contributed by atoms with Gasteiger partial charge >= 0.3 is 23.9 Å². The molecule has 240 valence electrons. The molecule has 4 fully saturated rings. The molecule has 5 aliphatic rings. The Morgan fingerprint density at radius 3 is 2.27 bits per heavy atom. The van der Waals surface area contributed by atoms with Crippen LogP contribution in [0.25, 0.3) is 11.2 Å². The molecule has 0 saturated heterocycles. The quantitative estimate of drug-likeness (QED) is 0.138. The minimum absolute atomic E-state index is 0.136. The third-order valence-electron chi connectivity index (χ3n) is 10.9. The fourth-order valence-electron chi connectivity index (χ4n) is 8.46. The first kappa shape index (κ1) is 31.1. The van der Waals surface area contributed by atoms with Gasteiger partial charge in [0, 0.05) is 28.2 Å². The van der Waals surface area contributed by atoms with Gasteiger partial charge < -0.3 is 23.4 Å². The van der Waals surface area contributed by atoms with E-state index in [9.17, 15) is 19.2 Å². The molecule has 2 aromatic heterocycles. The van der Waals surface area contributed by atoms with Crippen molar-refractivity contribution in [2.24, 2.45) is 29.1 Å². The van der Waals surface area contributed by atoms with Gasteiger partial charge in [0.15, 0.2) is 11.2 Å². The zero-order valence-corrected chi connectivity index (χ0v) is 26.8. The second-order valence-electron chi connectivity index (χ2n) is 14.9. The summed E-state index contributed by atoms with van der Waals surface area (Å²) in [6.07, 6.45) is 6.30. The highest BCUT2D eigenvalue weighted by atomic mass is 16.6. The van der Waals surface area contributed by atoms with E-state index in [0.717, 1.165) is 32.1 Å². The molecule has 0 radical (unpaired) electrons. The summed E-state index contributed by atoms with van der Waals surface area (Å²) in [5.41, 5.74) is 0.400. The van der Waals surface area contributed by atoms with Gasteiger partial charge in [0.2, 0.25) is 11.5 Å². The number of ether oxygens (including phenoxy) is 4. The number of carbonyl (C=O) groups is 4. The molecule has 1 aliphatic heterocycles. The highest BCUT2D eigenvalue weighted by Crippen LogP contribution is 2.67. The molecule has 3 heterocycles. The largest absolute Gasteiger partial charge is 0.456 e. The number of benzene rings is 1. The van der Waals surface area contributed by atoms with E-state index in [2.05, 4.69) is 19.7 Å². The second kappa shape index (κ2) is 10.6. The van der Waals surface area contributed by atoms with E-state index in [1.165, 1.54) is 6.07 Å². The lowest BCUT2D eigenvalue weighted by atomic mass is 9.42. The van der Waals surface area contributed by atoms with Crippen molar-refractivity contribution >= 4 is 35.0 Å². The molecule has 2 atom stereocenters. The van der Waals surface area contributed by atoms with Crippen LogP contribution < -0.4 is 9.47 Å². The third-order valence-corrected chi connectivity index (χ3v) is 10.9. The minimum Gasteiger partial charge on any atom is -0.456 e. The van der Waals surface area contributed by atoms with Gasteiger partial charge in [-0.25, -0.2) is 19.2 Å². The van der Waals surface area contributed by atoms with E-state index >= 15 is 0 Å². The SMILES string of the molecule is C=C(C)C(=O)OC(C)(C)CCC(=C)C(=O)OC(C)(C)C12CC3CC(C1)C(CC(=C)C(=O)Oc1c4c5oc1cc5C(=O)O4)C(C3)C2. The van der Waals surface area contributed by atoms with Gasteiger partial charge in [0.25, 0.3) is 0 Å². The summed E-state index contributed by atoms with van der Waals surface area (Å²) in [4.78, 5) is 50.3. The number of furan rings is 2. The lowest BCUT2D eigenvalue weighted by Gasteiger charge is -2.64. The Labute approximate surface area is 263 Å². The fraction of sp³-hybridized carbons (Fsp3) is 0.556. The summed E-state index contributed by atoms with van der Waals surface area (Å²) < 4.78 is 28.1. The number of carbonyl (C=O) groups excluding carboxylic acids is 4. The van der Waals surface area contributed by atoms with Crippen molar-refractivity contribution in [3.8, 4) is 11.5 Å². The number of esters is 4. The van der Waals surface area contributed by atoms with E-state index in [0.29, 0.717) is 70.5 Å². The number of hydrogen-bond donors (Lipinski definition) is 0. The first-order chi connectivity index (χ1) is 21.0. The van der Waals surface area contributed by atoms with Crippen LogP contribution in [0.2, 0.25) is 0 Å². The van der Waals surface area contributed by atoms with Gasteiger partial charge in [-0.05, 0) is 110 Å². The third kappa shape index (κ3) is 5.38. The summed E-state index contributed by atoms with van der Waals surface area (Å²) in [5.74, 6) is -0.0416. The van der Waals surface area contributed by atoms with E-state index < -0.39 is 35.1 Å². The smallest absolute Gasteiger partial charge is 0.347 e. The fourth-order valence-corrected chi connectivity index (χ4v) is 8.46. The molecule has 2 aromatic rings. The van der Waals surface area contributed by atoms with Crippen molar-refractivity contribution in [3.63, 3.8) is 0 Å². The lowest BCUT2D eigenvalue weighted by molar-refractivity contribution is -0.205. The molecule has 6 bridgehead atoms. The maximum Gasteiger partial charge on any atom is 0.347 e. The molecular formula is C36H42O9. The van der Waals surface area contributed by atoms with E-state index in [-0.39, 0.29) is 22.8 Å². The Kier molecular flexibility index (Phi) is 7.33. The summed E-state index contributed by atoms with van der Waals surface area (Å²) in [6, 6.07) is 1.53. The van der Waals surface area contributed by atoms with E-state index in [1.807, 2.05) is 13.8 Å². The van der Waals surface area contributed by atoms with Gasteiger partial charge in [-0.2, -0.15) is 0 Å². The maximum atomic E-state index is 13.3. The van der Waals surface area contributed by atoms with Crippen molar-refractivity contribution < 1.29 is 42.5 Å². The van der Waals surface area contributed by atoms with Gasteiger partial charge in [-0.15, -0.1) is 0 Å². The Morgan fingerprint density at radius 1 is 0.956 bits per heavy atom. The Hall–Kier alpha value is -3.88. The van der Waals surface area contributed by atoms with Gasteiger partial charge in [0.05, 0.1) is 0 Å². The first-order valence-electron chi connectivity index (χ1n) is 15.8. The van der Waals surface area contributed by atoms with Crippen molar-refractivity contribution in [1.82, 2.24) is 0 Å². The molecule has 4 aliphatic carbocycles. The van der Waals surface area contributed by atoms with Gasteiger partial charge in [0.1, 0.15) is 16.8 Å². The number of hydrogen-bond acceptors (Lipinski definition) is 9. The van der Waals surface area contributed by atoms with Crippen LogP contribution in [-0.4, -0.2) is 35.1 Å². The average molecular weight is 619 g/mol. The molecule has 4 saturated carbocycles. The summed E-state index contributed by atoms with van der Waals surface area (Å²) >= 11 is 0. The number of rotatable bonds is 12. The predicted octanol–water partition coefficient (Wildman–Crippen LogP) is 7.25. The Morgan fingerprint density at radius 2 is 1.62 bits per heavy atom. The molecule has 2 unspecified atom stereocenters. The molecular weight excluding hydrogens is 576 g/mol. The molecule has 0 amide bonds. The van der Waals surface area contributed by atoms with Crippen molar-refractivity contribution in [1.29, 1.82) is 0 Å². The normalized spacial score (nSPS) is 26.6. The lowest BCUT2D eigenvalue weighted by Crippen LogP contribution is -2.60. The monoisotopic (exact) mass is 618 g/mol. The van der Waals surface area contributed by atoms with Gasteiger partial charge in [-0.1, -0.05) is 19.7 Å². The molecule has 0 aromatic carbocycles. The van der Waals surface area contributed by atoms with Crippen LogP contribution in [0.1, 0.15) is 96.3 Å². The average Bonchev–Trinajstić information content (AvgIpc) is 3.58. The van der Waals surface area contributed by atoms with Crippen molar-refractivity contribution in [2.75, 3.05) is 0 Å². The molecule has 7 rings (SSSR count). The van der Waals surface area contributed by atoms with Crippen LogP contribution >= 0.6 is 0 Å². The second-order valence-corrected chi connectivity index (χ2v) is 14.9. The van der Waals surface area contributed by atoms with Crippen LogP contribution in [0.15, 0.2) is 46.9 Å². The summed E-state index contributed by atoms with van der Waals surface area (Å²) in [5, 5.41) is 0. The van der Waals surface area contributed by atoms with Crippen LogP contribution in [0.5, 0.6) is 11.5 Å². The summed E-state index contributed by atoms with van der Waals surface area (Å²) in [6.45, 7) is 21.0. The molecule has 9 heteroatoms. The van der Waals surface area contributed by atoms with Crippen molar-refractivity contribution in [3.05, 3.63) is 48.1 Å². The van der Waals surface area contributed by atoms with Crippen LogP contribution in [0.3, 0.4) is 0 Å². The van der Waals surface area contributed by atoms with Crippen LogP contribution in [0.4, 0.5) is 0 Å². The van der Waals surface area contributed by atoms with Crippen molar-refractivity contribution in [2.45, 2.75) is 97.2 Å². The Balaban J connectivity index is 1.06. The van der Waals surface area contributed by atoms with Crippen LogP contribution in [0, 0.1) is 29.1 Å². The molecule has 0 N–H and O–H groups in total. The van der Waals surface area contributed by atoms with E-state index in [1.54, 1.807) is 20.8 Å². The molecule has 9 nitrogen and oxygen atoms in total. The minimum atomic E-state index is -0.774. The standard InChI is InChI=1S/C36H42O9/c1-18(2)30(37)44-34(5,6)10-9-19(3)32(39)45-35(7,8)36-15-21-12-22(16-36)24(23(13-21)17-36)11-20(4)31(38)42-28-26-14-25-27(41-26)29(28)43-33(25)40/h14,21-24H,1,3-4,9-13,15-17H2,2,5-8H3. The molecule has 45 heavy (non-hydrogen) atoms. The zero-order valence-electron chi connectivity index (χ0n) is 26.8. The zero-order chi connectivity index (χ0) is 32.6. The Bertz CT molecular complexity index is 1620. The highest BCUT2D eigenvalue weighted by Gasteiger charge is 2.61. The first-order valence-corrected chi connectivity index (χ1v) is 15.8. The predicted molar refractivity (Wildman–Crippen MR) is 165 cm³/mol. The maximum absolute atomic E-state index is 13.3. The summed E-state index contributed by atoms with van der Waals surface area (Å²) in [7, 11) is 0. The highest BCUT2D eigenvalue weighted by molar-refractivity contribution is 6.10. The number of fused-ring (bicyclic) bond motifs is 1.